The topological polar surface area (TPSA) is 66.8 Å². The van der Waals surface area contributed by atoms with Crippen molar-refractivity contribution in [1.29, 1.82) is 0 Å². The van der Waals surface area contributed by atoms with Crippen molar-refractivity contribution >= 4 is 22.8 Å². The van der Waals surface area contributed by atoms with Crippen molar-refractivity contribution in [3.05, 3.63) is 59.3 Å². The highest BCUT2D eigenvalue weighted by molar-refractivity contribution is 6.05. The van der Waals surface area contributed by atoms with Crippen molar-refractivity contribution in [3.63, 3.8) is 0 Å². The number of methoxy groups -OCH3 is 1. The van der Waals surface area contributed by atoms with Crippen molar-refractivity contribution in [2.75, 3.05) is 7.11 Å². The Balaban J connectivity index is 1.68. The van der Waals surface area contributed by atoms with Gasteiger partial charge in [-0.25, -0.2) is 0 Å². The highest BCUT2D eigenvalue weighted by atomic mass is 19.4. The van der Waals surface area contributed by atoms with Crippen LogP contribution in [0, 0.1) is 6.92 Å². The fourth-order valence-corrected chi connectivity index (χ4v) is 4.38. The summed E-state index contributed by atoms with van der Waals surface area (Å²) in [5, 5.41) is 0.672. The molecule has 0 unspecified atom stereocenters. The summed E-state index contributed by atoms with van der Waals surface area (Å²) in [4.78, 5) is 26.0. The van der Waals surface area contributed by atoms with E-state index in [-0.39, 0.29) is 24.1 Å². The van der Waals surface area contributed by atoms with E-state index in [1.54, 1.807) is 25.1 Å². The molecule has 1 aliphatic rings. The van der Waals surface area contributed by atoms with Gasteiger partial charge in [0, 0.05) is 16.6 Å². The zero-order valence-corrected chi connectivity index (χ0v) is 18.8. The summed E-state index contributed by atoms with van der Waals surface area (Å²) in [6, 6.07) is 9.89. The third-order valence-electron chi connectivity index (χ3n) is 6.00. The van der Waals surface area contributed by atoms with Gasteiger partial charge >= 0.3 is 12.3 Å². The van der Waals surface area contributed by atoms with Crippen molar-refractivity contribution in [2.24, 2.45) is 0 Å². The normalized spacial score (nSPS) is 14.4. The minimum Gasteiger partial charge on any atom is -0.497 e. The number of alkyl halides is 3. The van der Waals surface area contributed by atoms with E-state index in [2.05, 4.69) is 4.74 Å². The largest absolute Gasteiger partial charge is 0.573 e. The number of aromatic nitrogens is 1. The number of carbonyl (C=O) groups excluding carboxylic acids is 2. The molecule has 34 heavy (non-hydrogen) atoms. The monoisotopic (exact) mass is 475 g/mol. The van der Waals surface area contributed by atoms with Crippen LogP contribution in [0.1, 0.15) is 47.3 Å². The molecule has 0 bridgehead atoms. The lowest BCUT2D eigenvalue weighted by molar-refractivity contribution is -0.274. The minimum atomic E-state index is -4.82. The molecule has 0 saturated heterocycles. The number of fused-ring (bicyclic) bond motifs is 1. The average Bonchev–Trinajstić information content (AvgIpc) is 3.38. The Morgan fingerprint density at radius 3 is 2.29 bits per heavy atom. The Bertz CT molecular complexity index is 1210. The van der Waals surface area contributed by atoms with Crippen LogP contribution in [0.15, 0.2) is 42.5 Å². The second-order valence-electron chi connectivity index (χ2n) is 8.23. The Hall–Kier alpha value is -3.49. The molecule has 6 nitrogen and oxygen atoms in total. The molecule has 1 aliphatic carbocycles. The highest BCUT2D eigenvalue weighted by Crippen LogP contribution is 2.32. The Morgan fingerprint density at radius 2 is 1.68 bits per heavy atom. The van der Waals surface area contributed by atoms with Crippen molar-refractivity contribution in [2.45, 2.75) is 51.5 Å². The van der Waals surface area contributed by atoms with E-state index >= 15 is 0 Å². The van der Waals surface area contributed by atoms with Crippen LogP contribution in [0.25, 0.3) is 10.9 Å². The van der Waals surface area contributed by atoms with Crippen LogP contribution in [-0.4, -0.2) is 36.0 Å². The lowest BCUT2D eigenvalue weighted by Gasteiger charge is -2.12. The molecule has 9 heteroatoms. The summed E-state index contributed by atoms with van der Waals surface area (Å²) >= 11 is 0. The predicted molar refractivity (Wildman–Crippen MR) is 118 cm³/mol. The molecule has 1 aromatic heterocycles. The second-order valence-corrected chi connectivity index (χ2v) is 8.23. The molecule has 0 N–H and O–H groups in total. The molecule has 3 aromatic rings. The van der Waals surface area contributed by atoms with Gasteiger partial charge in [0.1, 0.15) is 17.6 Å². The summed E-state index contributed by atoms with van der Waals surface area (Å²) < 4.78 is 53.6. The number of halogens is 3. The van der Waals surface area contributed by atoms with Gasteiger partial charge in [0.05, 0.1) is 19.0 Å². The SMILES string of the molecule is COc1ccc2c(c1)c(CC(=O)OC1CCCC1)c(C)n2C(=O)c1ccc(OC(F)(F)F)cc1. The Labute approximate surface area is 194 Å². The van der Waals surface area contributed by atoms with E-state index in [4.69, 9.17) is 9.47 Å². The van der Waals surface area contributed by atoms with Crippen LogP contribution in [0.2, 0.25) is 0 Å². The van der Waals surface area contributed by atoms with Crippen LogP contribution < -0.4 is 9.47 Å². The van der Waals surface area contributed by atoms with Gasteiger partial charge in [-0.05, 0) is 80.6 Å². The predicted octanol–water partition coefficient (Wildman–Crippen LogP) is 5.57. The maximum absolute atomic E-state index is 13.4. The lowest BCUT2D eigenvalue weighted by Crippen LogP contribution is -2.18. The summed E-state index contributed by atoms with van der Waals surface area (Å²) in [6.07, 6.45) is -1.12. The first-order chi connectivity index (χ1) is 16.2. The smallest absolute Gasteiger partial charge is 0.497 e. The van der Waals surface area contributed by atoms with Gasteiger partial charge in [-0.1, -0.05) is 0 Å². The van der Waals surface area contributed by atoms with E-state index in [1.807, 2.05) is 0 Å². The van der Waals surface area contributed by atoms with Crippen molar-refractivity contribution in [3.8, 4) is 11.5 Å². The molecule has 0 radical (unpaired) electrons. The van der Waals surface area contributed by atoms with Gasteiger partial charge in [-0.2, -0.15) is 0 Å². The van der Waals surface area contributed by atoms with Gasteiger partial charge in [-0.3, -0.25) is 14.2 Å². The van der Waals surface area contributed by atoms with E-state index in [0.29, 0.717) is 27.9 Å². The molecular formula is C25H24F3NO5. The number of rotatable bonds is 6. The molecule has 180 valence electrons. The standard InChI is InChI=1S/C25H24F3NO5/c1-15-20(14-23(30)33-17-5-3-4-6-17)21-13-19(32-2)11-12-22(21)29(15)24(31)16-7-9-18(10-8-16)34-25(26,27)28/h7-13,17H,3-6,14H2,1-2H3. The van der Waals surface area contributed by atoms with Gasteiger partial charge in [0.25, 0.3) is 5.91 Å². The molecular weight excluding hydrogens is 451 g/mol. The minimum absolute atomic E-state index is 0.00928. The molecule has 0 amide bonds. The zero-order chi connectivity index (χ0) is 24.5. The molecule has 1 heterocycles. The van der Waals surface area contributed by atoms with E-state index in [0.717, 1.165) is 37.8 Å². The fourth-order valence-electron chi connectivity index (χ4n) is 4.38. The molecule has 0 aliphatic heterocycles. The summed E-state index contributed by atoms with van der Waals surface area (Å²) in [7, 11) is 1.52. The van der Waals surface area contributed by atoms with Crippen LogP contribution in [0.4, 0.5) is 13.2 Å². The number of hydrogen-bond acceptors (Lipinski definition) is 5. The van der Waals surface area contributed by atoms with Gasteiger partial charge in [-0.15, -0.1) is 13.2 Å². The zero-order valence-electron chi connectivity index (χ0n) is 18.8. The Morgan fingerprint density at radius 1 is 1.03 bits per heavy atom. The maximum atomic E-state index is 13.4. The quantitative estimate of drug-likeness (QED) is 0.436. The highest BCUT2D eigenvalue weighted by Gasteiger charge is 2.31. The summed E-state index contributed by atoms with van der Waals surface area (Å²) in [5.41, 5.74) is 1.92. The van der Waals surface area contributed by atoms with Crippen molar-refractivity contribution < 1.29 is 37.0 Å². The van der Waals surface area contributed by atoms with Gasteiger partial charge in [0.15, 0.2) is 0 Å². The first kappa shape index (κ1) is 23.7. The fraction of sp³-hybridized carbons (Fsp3) is 0.360. The first-order valence-electron chi connectivity index (χ1n) is 10.9. The van der Waals surface area contributed by atoms with Crippen LogP contribution in [-0.2, 0) is 16.0 Å². The molecule has 2 aromatic carbocycles. The van der Waals surface area contributed by atoms with Crippen LogP contribution in [0.3, 0.4) is 0 Å². The van der Waals surface area contributed by atoms with Crippen LogP contribution in [0.5, 0.6) is 11.5 Å². The third-order valence-corrected chi connectivity index (χ3v) is 6.00. The first-order valence-corrected chi connectivity index (χ1v) is 10.9. The third kappa shape index (κ3) is 5.03. The number of hydrogen-bond donors (Lipinski definition) is 0. The lowest BCUT2D eigenvalue weighted by atomic mass is 10.1. The van der Waals surface area contributed by atoms with Crippen molar-refractivity contribution in [1.82, 2.24) is 4.57 Å². The van der Waals surface area contributed by atoms with E-state index in [1.165, 1.54) is 23.8 Å². The number of ether oxygens (including phenoxy) is 3. The van der Waals surface area contributed by atoms with E-state index < -0.39 is 18.0 Å². The maximum Gasteiger partial charge on any atom is 0.573 e. The molecule has 4 rings (SSSR count). The number of carbonyl (C=O) groups is 2. The molecule has 1 fully saturated rings. The number of esters is 1. The molecule has 1 saturated carbocycles. The Kier molecular flexibility index (Phi) is 6.54. The van der Waals surface area contributed by atoms with Gasteiger partial charge in [0.2, 0.25) is 0 Å². The average molecular weight is 475 g/mol. The van der Waals surface area contributed by atoms with Crippen LogP contribution >= 0.6 is 0 Å². The van der Waals surface area contributed by atoms with Gasteiger partial charge < -0.3 is 14.2 Å². The summed E-state index contributed by atoms with van der Waals surface area (Å²) in [6.45, 7) is 1.73. The summed E-state index contributed by atoms with van der Waals surface area (Å²) in [5.74, 6) is -0.658. The number of nitrogens with zero attached hydrogens (tertiary/aromatic N) is 1. The second kappa shape index (κ2) is 9.40. The molecule has 0 atom stereocenters. The molecule has 0 spiro atoms. The van der Waals surface area contributed by atoms with E-state index in [9.17, 15) is 22.8 Å². The number of benzene rings is 2.